The molecule has 0 aliphatic rings. The summed E-state index contributed by atoms with van der Waals surface area (Å²) >= 11 is 0. The molecule has 0 N–H and O–H groups in total. The van der Waals surface area contributed by atoms with Crippen LogP contribution < -0.4 is 0 Å². The Morgan fingerprint density at radius 3 is 2.61 bits per heavy atom. The van der Waals surface area contributed by atoms with E-state index in [1.165, 1.54) is 6.07 Å². The summed E-state index contributed by atoms with van der Waals surface area (Å²) in [6, 6.07) is 11.4. The highest BCUT2D eigenvalue weighted by atomic mass is 32.2. The standard InChI is InChI=1S/C13H10FNO2S/c14-13-6-5-10-3-1-2-4-11(10)12(13)9-18(16,17)8-7-15/h1-6H,8-9H2. The van der Waals surface area contributed by atoms with E-state index in [9.17, 15) is 12.8 Å². The molecular formula is C13H10FNO2S. The molecule has 0 saturated carbocycles. The Morgan fingerprint density at radius 1 is 1.17 bits per heavy atom. The lowest BCUT2D eigenvalue weighted by Crippen LogP contribution is -2.09. The Hall–Kier alpha value is -1.93. The molecule has 2 aromatic rings. The molecule has 0 fully saturated rings. The van der Waals surface area contributed by atoms with Gasteiger partial charge in [0.2, 0.25) is 0 Å². The van der Waals surface area contributed by atoms with Crippen LogP contribution in [-0.4, -0.2) is 14.2 Å². The van der Waals surface area contributed by atoms with Crippen LogP contribution in [0.4, 0.5) is 4.39 Å². The zero-order chi connectivity index (χ0) is 13.2. The largest absolute Gasteiger partial charge is 0.227 e. The average molecular weight is 263 g/mol. The van der Waals surface area contributed by atoms with Crippen molar-refractivity contribution < 1.29 is 12.8 Å². The maximum absolute atomic E-state index is 13.7. The van der Waals surface area contributed by atoms with Crippen LogP contribution in [0.2, 0.25) is 0 Å². The second kappa shape index (κ2) is 4.75. The lowest BCUT2D eigenvalue weighted by Gasteiger charge is -2.07. The molecule has 2 rings (SSSR count). The Labute approximate surface area is 104 Å². The van der Waals surface area contributed by atoms with Gasteiger partial charge in [0.1, 0.15) is 11.6 Å². The lowest BCUT2D eigenvalue weighted by atomic mass is 10.1. The Balaban J connectivity index is 2.57. The van der Waals surface area contributed by atoms with Gasteiger partial charge < -0.3 is 0 Å². The van der Waals surface area contributed by atoms with Crippen LogP contribution in [0.3, 0.4) is 0 Å². The van der Waals surface area contributed by atoms with E-state index in [1.54, 1.807) is 36.4 Å². The second-order valence-electron chi connectivity index (χ2n) is 3.94. The molecule has 3 nitrogen and oxygen atoms in total. The molecular weight excluding hydrogens is 253 g/mol. The van der Waals surface area contributed by atoms with E-state index < -0.39 is 27.2 Å². The zero-order valence-electron chi connectivity index (χ0n) is 9.43. The topological polar surface area (TPSA) is 57.9 Å². The highest BCUT2D eigenvalue weighted by Gasteiger charge is 2.16. The first-order valence-corrected chi connectivity index (χ1v) is 7.09. The number of nitrogens with zero attached hydrogens (tertiary/aromatic N) is 1. The Morgan fingerprint density at radius 2 is 1.89 bits per heavy atom. The van der Waals surface area contributed by atoms with Crippen molar-refractivity contribution in [2.24, 2.45) is 0 Å². The van der Waals surface area contributed by atoms with E-state index >= 15 is 0 Å². The molecule has 0 aromatic heterocycles. The molecule has 0 aliphatic carbocycles. The van der Waals surface area contributed by atoms with E-state index in [0.717, 1.165) is 5.39 Å². The van der Waals surface area contributed by atoms with Gasteiger partial charge in [0.05, 0.1) is 11.8 Å². The normalized spacial score (nSPS) is 11.3. The molecule has 0 radical (unpaired) electrons. The van der Waals surface area contributed by atoms with Crippen LogP contribution in [0.5, 0.6) is 0 Å². The lowest BCUT2D eigenvalue weighted by molar-refractivity contribution is 0.591. The fraction of sp³-hybridized carbons (Fsp3) is 0.154. The van der Waals surface area contributed by atoms with Gasteiger partial charge >= 0.3 is 0 Å². The number of hydrogen-bond donors (Lipinski definition) is 0. The molecule has 0 unspecified atom stereocenters. The van der Waals surface area contributed by atoms with Gasteiger partial charge in [-0.2, -0.15) is 5.26 Å². The molecule has 0 heterocycles. The third kappa shape index (κ3) is 2.49. The minimum absolute atomic E-state index is 0.128. The number of benzene rings is 2. The zero-order valence-corrected chi connectivity index (χ0v) is 10.2. The van der Waals surface area contributed by atoms with Crippen molar-refractivity contribution in [1.82, 2.24) is 0 Å². The maximum atomic E-state index is 13.7. The molecule has 0 amide bonds. The summed E-state index contributed by atoms with van der Waals surface area (Å²) < 4.78 is 37.0. The van der Waals surface area contributed by atoms with Crippen molar-refractivity contribution in [2.45, 2.75) is 5.75 Å². The number of sulfone groups is 1. The number of fused-ring (bicyclic) bond motifs is 1. The molecule has 0 atom stereocenters. The highest BCUT2D eigenvalue weighted by molar-refractivity contribution is 7.90. The SMILES string of the molecule is N#CCS(=O)(=O)Cc1c(F)ccc2ccccc12. The predicted molar refractivity (Wildman–Crippen MR) is 67.0 cm³/mol. The van der Waals surface area contributed by atoms with Crippen molar-refractivity contribution in [1.29, 1.82) is 5.26 Å². The van der Waals surface area contributed by atoms with Gasteiger partial charge in [-0.3, -0.25) is 0 Å². The van der Waals surface area contributed by atoms with Gasteiger partial charge in [-0.25, -0.2) is 12.8 Å². The number of halogens is 1. The monoisotopic (exact) mass is 263 g/mol. The van der Waals surface area contributed by atoms with Crippen molar-refractivity contribution >= 4 is 20.6 Å². The summed E-state index contributed by atoms with van der Waals surface area (Å²) in [6.07, 6.45) is 0. The summed E-state index contributed by atoms with van der Waals surface area (Å²) in [4.78, 5) is 0. The van der Waals surface area contributed by atoms with Crippen molar-refractivity contribution in [3.8, 4) is 6.07 Å². The van der Waals surface area contributed by atoms with Gasteiger partial charge in [0.15, 0.2) is 9.84 Å². The van der Waals surface area contributed by atoms with Crippen LogP contribution in [0, 0.1) is 17.1 Å². The first kappa shape index (κ1) is 12.5. The fourth-order valence-electron chi connectivity index (χ4n) is 1.83. The maximum Gasteiger partial charge on any atom is 0.167 e. The third-order valence-corrected chi connectivity index (χ3v) is 3.93. The first-order chi connectivity index (χ1) is 8.53. The average Bonchev–Trinajstić information content (AvgIpc) is 2.33. The fourth-order valence-corrected chi connectivity index (χ4v) is 2.86. The van der Waals surface area contributed by atoms with Crippen LogP contribution in [0.15, 0.2) is 36.4 Å². The minimum atomic E-state index is -3.60. The van der Waals surface area contributed by atoms with E-state index in [-0.39, 0.29) is 5.56 Å². The van der Waals surface area contributed by atoms with E-state index in [4.69, 9.17) is 5.26 Å². The van der Waals surface area contributed by atoms with Crippen LogP contribution in [-0.2, 0) is 15.6 Å². The Bertz CT molecular complexity index is 732. The molecule has 0 saturated heterocycles. The summed E-state index contributed by atoms with van der Waals surface area (Å²) in [5.41, 5.74) is 0.128. The summed E-state index contributed by atoms with van der Waals surface area (Å²) in [5.74, 6) is -1.61. The third-order valence-electron chi connectivity index (χ3n) is 2.63. The van der Waals surface area contributed by atoms with Gasteiger partial charge in [0.25, 0.3) is 0 Å². The minimum Gasteiger partial charge on any atom is -0.227 e. The molecule has 0 aliphatic heterocycles. The molecule has 5 heteroatoms. The Kier molecular flexibility index (Phi) is 3.30. The predicted octanol–water partition coefficient (Wildman–Crippen LogP) is 2.42. The molecule has 0 spiro atoms. The van der Waals surface area contributed by atoms with Crippen LogP contribution >= 0.6 is 0 Å². The summed E-state index contributed by atoms with van der Waals surface area (Å²) in [6.45, 7) is 0. The van der Waals surface area contributed by atoms with Crippen molar-refractivity contribution in [2.75, 3.05) is 5.75 Å². The summed E-state index contributed by atoms with van der Waals surface area (Å²) in [7, 11) is -3.60. The van der Waals surface area contributed by atoms with Crippen molar-refractivity contribution in [3.63, 3.8) is 0 Å². The number of hydrogen-bond acceptors (Lipinski definition) is 3. The van der Waals surface area contributed by atoms with Crippen LogP contribution in [0.1, 0.15) is 5.56 Å². The highest BCUT2D eigenvalue weighted by Crippen LogP contribution is 2.23. The van der Waals surface area contributed by atoms with E-state index in [2.05, 4.69) is 0 Å². The number of rotatable bonds is 3. The van der Waals surface area contributed by atoms with Gasteiger partial charge in [-0.05, 0) is 16.8 Å². The van der Waals surface area contributed by atoms with Crippen LogP contribution in [0.25, 0.3) is 10.8 Å². The first-order valence-electron chi connectivity index (χ1n) is 5.27. The van der Waals surface area contributed by atoms with Gasteiger partial charge in [-0.15, -0.1) is 0 Å². The second-order valence-corrected chi connectivity index (χ2v) is 6.00. The molecule has 92 valence electrons. The van der Waals surface area contributed by atoms with E-state index in [0.29, 0.717) is 5.39 Å². The summed E-state index contributed by atoms with van der Waals surface area (Å²) in [5, 5.41) is 9.79. The van der Waals surface area contributed by atoms with E-state index in [1.807, 2.05) is 0 Å². The molecule has 2 aromatic carbocycles. The molecule has 0 bridgehead atoms. The smallest absolute Gasteiger partial charge is 0.167 e. The quantitative estimate of drug-likeness (QED) is 0.854. The van der Waals surface area contributed by atoms with Gasteiger partial charge in [-0.1, -0.05) is 30.3 Å². The van der Waals surface area contributed by atoms with Crippen molar-refractivity contribution in [3.05, 3.63) is 47.8 Å². The number of nitriles is 1. The van der Waals surface area contributed by atoms with Gasteiger partial charge in [0, 0.05) is 5.56 Å². The molecule has 18 heavy (non-hydrogen) atoms.